The van der Waals surface area contributed by atoms with Gasteiger partial charge in [0.25, 0.3) is 0 Å². The highest BCUT2D eigenvalue weighted by Gasteiger charge is 2.16. The van der Waals surface area contributed by atoms with Crippen LogP contribution < -0.4 is 5.32 Å². The first-order chi connectivity index (χ1) is 7.95. The lowest BCUT2D eigenvalue weighted by Crippen LogP contribution is -2.34. The van der Waals surface area contributed by atoms with Crippen LogP contribution in [0.25, 0.3) is 0 Å². The molecule has 1 aromatic rings. The lowest BCUT2D eigenvalue weighted by atomic mass is 10.00. The fourth-order valence-electron chi connectivity index (χ4n) is 1.81. The van der Waals surface area contributed by atoms with E-state index in [1.165, 1.54) is 0 Å². The summed E-state index contributed by atoms with van der Waals surface area (Å²) >= 11 is 0. The summed E-state index contributed by atoms with van der Waals surface area (Å²) in [4.78, 5) is 0. The molecule has 0 aliphatic carbocycles. The second kappa shape index (κ2) is 5.75. The number of aromatic hydroxyl groups is 1. The van der Waals surface area contributed by atoms with Crippen LogP contribution in [0, 0.1) is 25.2 Å². The van der Waals surface area contributed by atoms with Gasteiger partial charge in [-0.1, -0.05) is 37.5 Å². The van der Waals surface area contributed by atoms with Gasteiger partial charge in [-0.25, -0.2) is 0 Å². The molecule has 2 nitrogen and oxygen atoms in total. The maximum Gasteiger partial charge on any atom is 0.120 e. The molecule has 0 spiro atoms. The van der Waals surface area contributed by atoms with Gasteiger partial charge in [0.15, 0.2) is 0 Å². The monoisotopic (exact) mass is 231 g/mol. The first-order valence-corrected chi connectivity index (χ1v) is 5.97. The van der Waals surface area contributed by atoms with E-state index in [0.717, 1.165) is 11.1 Å². The predicted molar refractivity (Wildman–Crippen MR) is 71.9 cm³/mol. The Morgan fingerprint density at radius 1 is 1.29 bits per heavy atom. The molecule has 17 heavy (non-hydrogen) atoms. The van der Waals surface area contributed by atoms with Crippen molar-refractivity contribution >= 4 is 0 Å². The molecule has 0 saturated carbocycles. The molecule has 0 bridgehead atoms. The first kappa shape index (κ1) is 13.6. The van der Waals surface area contributed by atoms with E-state index < -0.39 is 0 Å². The number of phenolic OH excluding ortho intramolecular Hbond substituents is 1. The Kier molecular flexibility index (Phi) is 4.60. The van der Waals surface area contributed by atoms with Gasteiger partial charge in [0, 0.05) is 11.6 Å². The predicted octanol–water partition coefficient (Wildman–Crippen LogP) is 3.01. The molecule has 2 N–H and O–H groups in total. The highest BCUT2D eigenvalue weighted by Crippen LogP contribution is 2.25. The molecule has 0 aromatic heterocycles. The minimum absolute atomic E-state index is 0.0184. The van der Waals surface area contributed by atoms with Gasteiger partial charge in [0.1, 0.15) is 5.75 Å². The summed E-state index contributed by atoms with van der Waals surface area (Å²) in [5.41, 5.74) is 2.03. The van der Waals surface area contributed by atoms with Crippen LogP contribution in [0.1, 0.15) is 37.9 Å². The van der Waals surface area contributed by atoms with E-state index in [-0.39, 0.29) is 12.1 Å². The molecule has 2 heteroatoms. The topological polar surface area (TPSA) is 32.3 Å². The second-order valence-corrected chi connectivity index (χ2v) is 4.84. The molecule has 0 aliphatic heterocycles. The molecule has 0 amide bonds. The zero-order valence-electron chi connectivity index (χ0n) is 11.0. The summed E-state index contributed by atoms with van der Waals surface area (Å²) < 4.78 is 0. The molecule has 0 radical (unpaired) electrons. The van der Waals surface area contributed by atoms with Crippen molar-refractivity contribution in [3.63, 3.8) is 0 Å². The van der Waals surface area contributed by atoms with Crippen molar-refractivity contribution in [2.75, 3.05) is 0 Å². The fourth-order valence-corrected chi connectivity index (χ4v) is 1.81. The Labute approximate surface area is 104 Å². The van der Waals surface area contributed by atoms with Crippen molar-refractivity contribution in [3.8, 4) is 18.1 Å². The molecule has 1 rings (SSSR count). The van der Waals surface area contributed by atoms with Gasteiger partial charge < -0.3 is 5.11 Å². The van der Waals surface area contributed by atoms with Crippen LogP contribution in [0.3, 0.4) is 0 Å². The molecule has 2 unspecified atom stereocenters. The van der Waals surface area contributed by atoms with Crippen molar-refractivity contribution < 1.29 is 5.11 Å². The van der Waals surface area contributed by atoms with E-state index in [1.807, 2.05) is 26.0 Å². The van der Waals surface area contributed by atoms with E-state index >= 15 is 0 Å². The fraction of sp³-hybridized carbons (Fsp3) is 0.467. The molecule has 0 saturated heterocycles. The quantitative estimate of drug-likeness (QED) is 0.781. The van der Waals surface area contributed by atoms with Crippen molar-refractivity contribution in [3.05, 3.63) is 29.3 Å². The molecule has 92 valence electrons. The first-order valence-electron chi connectivity index (χ1n) is 5.97. The van der Waals surface area contributed by atoms with Gasteiger partial charge >= 0.3 is 0 Å². The van der Waals surface area contributed by atoms with Gasteiger partial charge in [-0.05, 0) is 25.8 Å². The van der Waals surface area contributed by atoms with Gasteiger partial charge in [0.2, 0.25) is 0 Å². The van der Waals surface area contributed by atoms with Crippen LogP contribution in [0.2, 0.25) is 0 Å². The lowest BCUT2D eigenvalue weighted by Gasteiger charge is -2.23. The summed E-state index contributed by atoms with van der Waals surface area (Å²) in [6, 6.07) is 5.67. The molecular weight excluding hydrogens is 210 g/mol. The summed E-state index contributed by atoms with van der Waals surface area (Å²) in [5.74, 6) is 3.43. The van der Waals surface area contributed by atoms with Crippen LogP contribution in [-0.2, 0) is 0 Å². The van der Waals surface area contributed by atoms with Crippen molar-refractivity contribution in [1.82, 2.24) is 5.32 Å². The summed E-state index contributed by atoms with van der Waals surface area (Å²) in [5, 5.41) is 13.2. The maximum absolute atomic E-state index is 9.84. The molecule has 2 atom stereocenters. The highest BCUT2D eigenvalue weighted by molar-refractivity contribution is 5.37. The zero-order chi connectivity index (χ0) is 13.0. The number of hydrogen-bond donors (Lipinski definition) is 2. The summed E-state index contributed by atoms with van der Waals surface area (Å²) in [6.45, 7) is 8.19. The average molecular weight is 231 g/mol. The molecular formula is C15H21NO. The SMILES string of the molecule is C#CC(NC(C)c1cc(C)ccc1O)C(C)C. The van der Waals surface area contributed by atoms with Gasteiger partial charge in [-0.15, -0.1) is 6.42 Å². The van der Waals surface area contributed by atoms with Crippen LogP contribution in [0.15, 0.2) is 18.2 Å². The van der Waals surface area contributed by atoms with Gasteiger partial charge in [0.05, 0.1) is 6.04 Å². The number of hydrogen-bond acceptors (Lipinski definition) is 2. The Bertz CT molecular complexity index is 417. The van der Waals surface area contributed by atoms with E-state index in [4.69, 9.17) is 6.42 Å². The van der Waals surface area contributed by atoms with Crippen LogP contribution in [0.5, 0.6) is 5.75 Å². The largest absolute Gasteiger partial charge is 0.508 e. The number of benzene rings is 1. The van der Waals surface area contributed by atoms with Gasteiger partial charge in [-0.2, -0.15) is 0 Å². The number of phenols is 1. The number of aryl methyl sites for hydroxylation is 1. The average Bonchev–Trinajstić information content (AvgIpc) is 2.28. The smallest absolute Gasteiger partial charge is 0.120 e. The third kappa shape index (κ3) is 3.51. The van der Waals surface area contributed by atoms with Crippen molar-refractivity contribution in [2.45, 2.75) is 39.8 Å². The highest BCUT2D eigenvalue weighted by atomic mass is 16.3. The minimum atomic E-state index is 0.0184. The zero-order valence-corrected chi connectivity index (χ0v) is 11.0. The van der Waals surface area contributed by atoms with E-state index in [9.17, 15) is 5.11 Å². The third-order valence-electron chi connectivity index (χ3n) is 2.93. The Morgan fingerprint density at radius 2 is 1.94 bits per heavy atom. The number of rotatable bonds is 4. The van der Waals surface area contributed by atoms with Gasteiger partial charge in [-0.3, -0.25) is 5.32 Å². The normalized spacial score (nSPS) is 14.4. The summed E-state index contributed by atoms with van der Waals surface area (Å²) in [7, 11) is 0. The lowest BCUT2D eigenvalue weighted by molar-refractivity contribution is 0.412. The van der Waals surface area contributed by atoms with E-state index in [2.05, 4.69) is 25.1 Å². The molecule has 1 aromatic carbocycles. The third-order valence-corrected chi connectivity index (χ3v) is 2.93. The standard InChI is InChI=1S/C15H21NO/c1-6-14(10(2)3)16-12(5)13-9-11(4)7-8-15(13)17/h1,7-10,12,14,16-17H,2-5H3. The van der Waals surface area contributed by atoms with E-state index in [0.29, 0.717) is 11.7 Å². The minimum Gasteiger partial charge on any atom is -0.508 e. The molecule has 0 heterocycles. The Balaban J connectivity index is 2.86. The second-order valence-electron chi connectivity index (χ2n) is 4.84. The van der Waals surface area contributed by atoms with E-state index in [1.54, 1.807) is 6.07 Å². The molecule has 0 fully saturated rings. The van der Waals surface area contributed by atoms with Crippen molar-refractivity contribution in [1.29, 1.82) is 0 Å². The number of nitrogens with one attached hydrogen (secondary N) is 1. The summed E-state index contributed by atoms with van der Waals surface area (Å²) in [6.07, 6.45) is 5.49. The van der Waals surface area contributed by atoms with Crippen molar-refractivity contribution in [2.24, 2.45) is 5.92 Å². The Morgan fingerprint density at radius 3 is 2.47 bits per heavy atom. The van der Waals surface area contributed by atoms with Crippen LogP contribution >= 0.6 is 0 Å². The maximum atomic E-state index is 9.84. The number of terminal acetylenes is 1. The Hall–Kier alpha value is -1.46. The van der Waals surface area contributed by atoms with Crippen LogP contribution in [0.4, 0.5) is 0 Å². The molecule has 0 aliphatic rings. The van der Waals surface area contributed by atoms with Crippen LogP contribution in [-0.4, -0.2) is 11.1 Å².